The smallest absolute Gasteiger partial charge is 0.286 e. The van der Waals surface area contributed by atoms with Crippen molar-refractivity contribution in [1.29, 1.82) is 0 Å². The van der Waals surface area contributed by atoms with Gasteiger partial charge in [0.2, 0.25) is 5.91 Å². The van der Waals surface area contributed by atoms with Crippen LogP contribution in [0.25, 0.3) is 6.08 Å². The number of carbonyl (C=O) groups is 2. The molecule has 0 aromatic heterocycles. The lowest BCUT2D eigenvalue weighted by atomic mass is 9.82. The molecule has 178 valence electrons. The topological polar surface area (TPSA) is 85.9 Å². The van der Waals surface area contributed by atoms with Gasteiger partial charge in [0, 0.05) is 10.9 Å². The first-order valence-corrected chi connectivity index (χ1v) is 12.0. The second kappa shape index (κ2) is 9.58. The van der Waals surface area contributed by atoms with Gasteiger partial charge >= 0.3 is 0 Å². The molecule has 8 heteroatoms. The van der Waals surface area contributed by atoms with Crippen molar-refractivity contribution in [2.24, 2.45) is 5.92 Å². The van der Waals surface area contributed by atoms with E-state index in [4.69, 9.17) is 25.8 Å². The Balaban J connectivity index is 1.20. The minimum Gasteiger partial charge on any atom is -0.486 e. The molecule has 2 fully saturated rings. The Morgan fingerprint density at radius 1 is 1.15 bits per heavy atom. The highest BCUT2D eigenvalue weighted by atomic mass is 35.5. The molecular formula is C26H27ClN2O5. The monoisotopic (exact) mass is 482 g/mol. The second-order valence-corrected chi connectivity index (χ2v) is 9.32. The molecule has 4 atom stereocenters. The fraction of sp³-hybridized carbons (Fsp3) is 0.385. The molecule has 2 aromatic carbocycles. The van der Waals surface area contributed by atoms with E-state index in [1.54, 1.807) is 12.1 Å². The van der Waals surface area contributed by atoms with Crippen LogP contribution in [0, 0.1) is 5.92 Å². The number of rotatable bonds is 4. The third-order valence-corrected chi connectivity index (χ3v) is 6.94. The summed E-state index contributed by atoms with van der Waals surface area (Å²) in [6.45, 7) is 3.01. The first-order valence-electron chi connectivity index (χ1n) is 11.6. The van der Waals surface area contributed by atoms with Gasteiger partial charge in [-0.25, -0.2) is 0 Å². The van der Waals surface area contributed by atoms with Crippen LogP contribution in [0.1, 0.15) is 43.4 Å². The summed E-state index contributed by atoms with van der Waals surface area (Å²) in [6.07, 6.45) is 3.42. The minimum absolute atomic E-state index is 0.0208. The second-order valence-electron chi connectivity index (χ2n) is 8.91. The summed E-state index contributed by atoms with van der Waals surface area (Å²) < 4.78 is 17.3. The summed E-state index contributed by atoms with van der Waals surface area (Å²) in [5.74, 6) is 1.18. The molecular weight excluding hydrogens is 456 g/mol. The molecule has 0 bridgehead atoms. The van der Waals surface area contributed by atoms with Crippen LogP contribution in [-0.4, -0.2) is 37.2 Å². The lowest BCUT2D eigenvalue weighted by Gasteiger charge is -2.40. The average molecular weight is 483 g/mol. The van der Waals surface area contributed by atoms with Gasteiger partial charge in [-0.2, -0.15) is 0 Å². The van der Waals surface area contributed by atoms with E-state index in [-0.39, 0.29) is 41.7 Å². The third-order valence-electron chi connectivity index (χ3n) is 6.59. The van der Waals surface area contributed by atoms with Gasteiger partial charge in [0.25, 0.3) is 5.91 Å². The van der Waals surface area contributed by atoms with Crippen LogP contribution in [0.2, 0.25) is 5.02 Å². The predicted molar refractivity (Wildman–Crippen MR) is 128 cm³/mol. The van der Waals surface area contributed by atoms with E-state index >= 15 is 0 Å². The van der Waals surface area contributed by atoms with Crippen molar-refractivity contribution >= 4 is 29.5 Å². The van der Waals surface area contributed by atoms with Gasteiger partial charge in [0.15, 0.2) is 17.3 Å². The maximum Gasteiger partial charge on any atom is 0.286 e. The molecule has 5 rings (SSSR count). The van der Waals surface area contributed by atoms with Gasteiger partial charge in [-0.05, 0) is 61.6 Å². The van der Waals surface area contributed by atoms with Crippen LogP contribution in [0.3, 0.4) is 0 Å². The maximum absolute atomic E-state index is 13.0. The number of fused-ring (bicyclic) bond motifs is 2. The number of benzene rings is 2. The molecule has 1 aliphatic carbocycles. The number of ether oxygens (including phenoxy) is 3. The molecule has 2 aromatic rings. The maximum atomic E-state index is 13.0. The van der Waals surface area contributed by atoms with Crippen LogP contribution >= 0.6 is 11.6 Å². The van der Waals surface area contributed by atoms with Gasteiger partial charge < -0.3 is 24.8 Å². The SMILES string of the molecule is CC(NC(=O)C1CCC2O/C(=C\c3ccccc3Cl)C(=O)NC2C1)c1ccc2c(c1)OCCO2. The van der Waals surface area contributed by atoms with Gasteiger partial charge in [-0.3, -0.25) is 9.59 Å². The fourth-order valence-corrected chi connectivity index (χ4v) is 4.90. The standard InChI is InChI=1S/C26H27ClN2O5/c1-15(16-6-9-22-23(13-16)33-11-10-32-22)28-25(30)18-7-8-21-20(12-18)29-26(31)24(34-21)14-17-4-2-3-5-19(17)27/h2-6,9,13-15,18,20-21H,7-8,10-12H2,1H3,(H,28,30)(H,29,31)/b24-14-. The first-order chi connectivity index (χ1) is 16.5. The zero-order valence-corrected chi connectivity index (χ0v) is 19.6. The van der Waals surface area contributed by atoms with E-state index < -0.39 is 0 Å². The average Bonchev–Trinajstić information content (AvgIpc) is 2.85. The lowest BCUT2D eigenvalue weighted by molar-refractivity contribution is -0.135. The van der Waals surface area contributed by atoms with Crippen LogP contribution < -0.4 is 20.1 Å². The normalized spacial score (nSPS) is 25.5. The zero-order valence-electron chi connectivity index (χ0n) is 18.9. The van der Waals surface area contributed by atoms with Crippen molar-refractivity contribution in [3.05, 3.63) is 64.4 Å². The van der Waals surface area contributed by atoms with Crippen molar-refractivity contribution in [3.8, 4) is 11.5 Å². The molecule has 2 N–H and O–H groups in total. The van der Waals surface area contributed by atoms with Crippen molar-refractivity contribution < 1.29 is 23.8 Å². The van der Waals surface area contributed by atoms with E-state index in [9.17, 15) is 9.59 Å². The number of amides is 2. The largest absolute Gasteiger partial charge is 0.486 e. The molecule has 7 nitrogen and oxygen atoms in total. The van der Waals surface area contributed by atoms with Crippen LogP contribution in [0.5, 0.6) is 11.5 Å². The Hall–Kier alpha value is -3.19. The molecule has 0 spiro atoms. The summed E-state index contributed by atoms with van der Waals surface area (Å²) >= 11 is 6.21. The Morgan fingerprint density at radius 2 is 1.94 bits per heavy atom. The van der Waals surface area contributed by atoms with E-state index in [0.717, 1.165) is 16.9 Å². The number of morpholine rings is 1. The van der Waals surface area contributed by atoms with E-state index in [1.807, 2.05) is 43.3 Å². The van der Waals surface area contributed by atoms with E-state index in [2.05, 4.69) is 10.6 Å². The summed E-state index contributed by atoms with van der Waals surface area (Å²) in [5, 5.41) is 6.70. The highest BCUT2D eigenvalue weighted by Crippen LogP contribution is 2.34. The van der Waals surface area contributed by atoms with Crippen LogP contribution in [-0.2, 0) is 14.3 Å². The Labute approximate surface area is 203 Å². The van der Waals surface area contributed by atoms with Gasteiger partial charge in [-0.1, -0.05) is 35.9 Å². The molecule has 2 amide bonds. The summed E-state index contributed by atoms with van der Waals surface area (Å²) in [5.41, 5.74) is 1.68. The number of carbonyl (C=O) groups excluding carboxylic acids is 2. The molecule has 0 radical (unpaired) electrons. The van der Waals surface area contributed by atoms with Crippen molar-refractivity contribution in [3.63, 3.8) is 0 Å². The van der Waals surface area contributed by atoms with Gasteiger partial charge in [-0.15, -0.1) is 0 Å². The molecule has 2 heterocycles. The first kappa shape index (κ1) is 22.6. The van der Waals surface area contributed by atoms with Crippen LogP contribution in [0.4, 0.5) is 0 Å². The van der Waals surface area contributed by atoms with E-state index in [0.29, 0.717) is 43.2 Å². The van der Waals surface area contributed by atoms with Gasteiger partial charge in [0.05, 0.1) is 12.1 Å². The highest BCUT2D eigenvalue weighted by Gasteiger charge is 2.40. The lowest BCUT2D eigenvalue weighted by Crippen LogP contribution is -2.54. The molecule has 1 saturated heterocycles. The van der Waals surface area contributed by atoms with Crippen LogP contribution in [0.15, 0.2) is 48.2 Å². The van der Waals surface area contributed by atoms with Crippen molar-refractivity contribution in [2.45, 2.75) is 44.4 Å². The fourth-order valence-electron chi connectivity index (χ4n) is 4.71. The molecule has 3 aliphatic rings. The summed E-state index contributed by atoms with van der Waals surface area (Å²) in [7, 11) is 0. The van der Waals surface area contributed by atoms with Crippen molar-refractivity contribution in [2.75, 3.05) is 13.2 Å². The van der Waals surface area contributed by atoms with Gasteiger partial charge in [0.1, 0.15) is 19.3 Å². The number of halogens is 1. The summed E-state index contributed by atoms with van der Waals surface area (Å²) in [6, 6.07) is 12.7. The highest BCUT2D eigenvalue weighted by molar-refractivity contribution is 6.32. The molecule has 1 saturated carbocycles. The minimum atomic E-state index is -0.285. The molecule has 2 aliphatic heterocycles. The Morgan fingerprint density at radius 3 is 2.76 bits per heavy atom. The number of hydrogen-bond acceptors (Lipinski definition) is 5. The zero-order chi connectivity index (χ0) is 23.7. The third kappa shape index (κ3) is 4.71. The molecule has 34 heavy (non-hydrogen) atoms. The summed E-state index contributed by atoms with van der Waals surface area (Å²) in [4.78, 5) is 25.7. The van der Waals surface area contributed by atoms with Crippen molar-refractivity contribution in [1.82, 2.24) is 10.6 Å². The predicted octanol–water partition coefficient (Wildman–Crippen LogP) is 4.01. The Bertz CT molecular complexity index is 1130. The molecule has 4 unspecified atom stereocenters. The quantitative estimate of drug-likeness (QED) is 0.643. The van der Waals surface area contributed by atoms with E-state index in [1.165, 1.54) is 0 Å². The number of hydrogen-bond donors (Lipinski definition) is 2. The Kier molecular flexibility index (Phi) is 6.37. The number of nitrogens with one attached hydrogen (secondary N) is 2.